The quantitative estimate of drug-likeness (QED) is 0.274. The largest absolute Gasteiger partial charge is 0.466 e. The fraction of sp³-hybridized carbons (Fsp3) is 1.00. The Morgan fingerprint density at radius 1 is 1.45 bits per heavy atom. The van der Waals surface area contributed by atoms with Crippen LogP contribution in [-0.2, 0) is 4.57 Å². The summed E-state index contributed by atoms with van der Waals surface area (Å²) in [6.07, 6.45) is 0. The number of likely N-dealkylation sites (N-methyl/N-ethyl adjacent to an activating group) is 1. The van der Waals surface area contributed by atoms with E-state index in [1.54, 1.807) is 0 Å². The molecule has 6 nitrogen and oxygen atoms in total. The molecule has 0 fully saturated rings. The van der Waals surface area contributed by atoms with E-state index >= 15 is 0 Å². The maximum atomic E-state index is 8.88. The number of hydrogen-bond donors (Lipinski definition) is 5. The van der Waals surface area contributed by atoms with Crippen LogP contribution in [0.25, 0.3) is 0 Å². The first kappa shape index (κ1) is 13.6. The topological polar surface area (TPSA) is 116 Å². The summed E-state index contributed by atoms with van der Waals surface area (Å²) in [5, 5.41) is 3.07. The fourth-order valence-electron chi connectivity index (χ4n) is 0.279. The zero-order valence-electron chi connectivity index (χ0n) is 6.40. The van der Waals surface area contributed by atoms with E-state index in [1.807, 2.05) is 0 Å². The van der Waals surface area contributed by atoms with Gasteiger partial charge in [-0.1, -0.05) is 6.92 Å². The minimum atomic E-state index is -4.64. The van der Waals surface area contributed by atoms with Crippen LogP contribution in [0.5, 0.6) is 0 Å². The van der Waals surface area contributed by atoms with Crippen LogP contribution >= 0.6 is 7.82 Å². The molecule has 0 aromatic heterocycles. The van der Waals surface area contributed by atoms with Crippen molar-refractivity contribution in [1.29, 1.82) is 0 Å². The molecule has 0 amide bonds. The first-order valence-corrected chi connectivity index (χ1v) is 4.67. The van der Waals surface area contributed by atoms with Gasteiger partial charge >= 0.3 is 7.82 Å². The van der Waals surface area contributed by atoms with Crippen molar-refractivity contribution in [2.75, 3.05) is 19.6 Å². The van der Waals surface area contributed by atoms with Crippen LogP contribution < -0.4 is 11.1 Å². The SMILES string of the molecule is CCNCCN.O=P(O)(O)O. The van der Waals surface area contributed by atoms with E-state index in [0.717, 1.165) is 19.6 Å². The molecule has 0 aliphatic rings. The number of hydrogen-bond acceptors (Lipinski definition) is 3. The molecule has 0 aromatic carbocycles. The normalized spacial score (nSPS) is 10.3. The molecule has 7 heteroatoms. The molecular formula is C4H15N2O4P. The van der Waals surface area contributed by atoms with Crippen molar-refractivity contribution in [3.63, 3.8) is 0 Å². The lowest BCUT2D eigenvalue weighted by molar-refractivity contribution is 0.275. The highest BCUT2D eigenvalue weighted by Crippen LogP contribution is 2.25. The molecule has 0 bridgehead atoms. The molecule has 0 saturated heterocycles. The van der Waals surface area contributed by atoms with Gasteiger partial charge in [-0.05, 0) is 6.54 Å². The average Bonchev–Trinajstić information content (AvgIpc) is 1.79. The molecule has 0 heterocycles. The lowest BCUT2D eigenvalue weighted by Gasteiger charge is -1.92. The van der Waals surface area contributed by atoms with Crippen LogP contribution in [0.1, 0.15) is 6.92 Å². The minimum Gasteiger partial charge on any atom is -0.329 e. The van der Waals surface area contributed by atoms with Crippen molar-refractivity contribution in [2.24, 2.45) is 5.73 Å². The first-order chi connectivity index (χ1) is 4.91. The van der Waals surface area contributed by atoms with Crippen LogP contribution in [0, 0.1) is 0 Å². The molecule has 0 atom stereocenters. The highest BCUT2D eigenvalue weighted by Gasteiger charge is 2.00. The third kappa shape index (κ3) is 70.4. The summed E-state index contributed by atoms with van der Waals surface area (Å²) in [4.78, 5) is 21.6. The summed E-state index contributed by atoms with van der Waals surface area (Å²) < 4.78 is 8.88. The van der Waals surface area contributed by atoms with Gasteiger partial charge in [0, 0.05) is 13.1 Å². The van der Waals surface area contributed by atoms with Crippen LogP contribution in [0.2, 0.25) is 0 Å². The first-order valence-electron chi connectivity index (χ1n) is 3.11. The van der Waals surface area contributed by atoms with Gasteiger partial charge in [0.05, 0.1) is 0 Å². The molecule has 0 aliphatic carbocycles. The van der Waals surface area contributed by atoms with Crippen molar-refractivity contribution in [3.8, 4) is 0 Å². The summed E-state index contributed by atoms with van der Waals surface area (Å²) in [6, 6.07) is 0. The highest BCUT2D eigenvalue weighted by atomic mass is 31.2. The van der Waals surface area contributed by atoms with Gasteiger partial charge in [-0.15, -0.1) is 0 Å². The van der Waals surface area contributed by atoms with Gasteiger partial charge in [-0.3, -0.25) is 0 Å². The second-order valence-corrected chi connectivity index (χ2v) is 2.68. The predicted octanol–water partition coefficient (Wildman–Crippen LogP) is -1.37. The van der Waals surface area contributed by atoms with Gasteiger partial charge < -0.3 is 25.7 Å². The van der Waals surface area contributed by atoms with Crippen molar-refractivity contribution in [1.82, 2.24) is 5.32 Å². The van der Waals surface area contributed by atoms with E-state index in [9.17, 15) is 0 Å². The van der Waals surface area contributed by atoms with Crippen molar-refractivity contribution >= 4 is 7.82 Å². The smallest absolute Gasteiger partial charge is 0.329 e. The van der Waals surface area contributed by atoms with Crippen LogP contribution in [0.3, 0.4) is 0 Å². The summed E-state index contributed by atoms with van der Waals surface area (Å²) >= 11 is 0. The average molecular weight is 186 g/mol. The monoisotopic (exact) mass is 186 g/mol. The maximum absolute atomic E-state index is 8.88. The van der Waals surface area contributed by atoms with E-state index in [2.05, 4.69) is 12.2 Å². The van der Waals surface area contributed by atoms with E-state index in [-0.39, 0.29) is 0 Å². The minimum absolute atomic E-state index is 0.744. The Morgan fingerprint density at radius 2 is 1.82 bits per heavy atom. The molecule has 11 heavy (non-hydrogen) atoms. The second kappa shape index (κ2) is 8.13. The number of nitrogens with two attached hydrogens (primary N) is 1. The van der Waals surface area contributed by atoms with Gasteiger partial charge in [0.2, 0.25) is 0 Å². The number of phosphoric acid groups is 1. The molecule has 70 valence electrons. The summed E-state index contributed by atoms with van der Waals surface area (Å²) in [5.41, 5.74) is 5.15. The second-order valence-electron chi connectivity index (χ2n) is 1.66. The standard InChI is InChI=1S/C4H12N2.H3O4P/c1-2-6-4-3-5;1-5(2,3)4/h6H,2-5H2,1H3;(H3,1,2,3,4). The maximum Gasteiger partial charge on any atom is 0.466 e. The molecule has 0 unspecified atom stereocenters. The molecular weight excluding hydrogens is 171 g/mol. The van der Waals surface area contributed by atoms with Crippen molar-refractivity contribution < 1.29 is 19.2 Å². The summed E-state index contributed by atoms with van der Waals surface area (Å²) in [5.74, 6) is 0. The van der Waals surface area contributed by atoms with Gasteiger partial charge in [0.25, 0.3) is 0 Å². The molecule has 0 rings (SSSR count). The van der Waals surface area contributed by atoms with Crippen LogP contribution in [-0.4, -0.2) is 34.3 Å². The molecule has 0 spiro atoms. The zero-order chi connectivity index (χ0) is 9.33. The molecule has 0 aromatic rings. The van der Waals surface area contributed by atoms with E-state index in [0.29, 0.717) is 0 Å². The fourth-order valence-corrected chi connectivity index (χ4v) is 0.279. The predicted molar refractivity (Wildman–Crippen MR) is 41.9 cm³/mol. The third-order valence-corrected chi connectivity index (χ3v) is 0.571. The summed E-state index contributed by atoms with van der Waals surface area (Å²) in [6.45, 7) is 4.77. The Morgan fingerprint density at radius 3 is 1.91 bits per heavy atom. The Kier molecular flexibility index (Phi) is 10.1. The van der Waals surface area contributed by atoms with Crippen LogP contribution in [0.15, 0.2) is 0 Å². The number of nitrogens with one attached hydrogen (secondary N) is 1. The Labute approximate surface area is 65.7 Å². The Balaban J connectivity index is 0. The van der Waals surface area contributed by atoms with Crippen LogP contribution in [0.4, 0.5) is 0 Å². The number of rotatable bonds is 3. The lowest BCUT2D eigenvalue weighted by Crippen LogP contribution is -2.21. The van der Waals surface area contributed by atoms with E-state index in [4.69, 9.17) is 25.0 Å². The Bertz CT molecular complexity index is 102. The molecule has 0 radical (unpaired) electrons. The third-order valence-electron chi connectivity index (χ3n) is 0.571. The van der Waals surface area contributed by atoms with E-state index in [1.165, 1.54) is 0 Å². The molecule has 6 N–H and O–H groups in total. The lowest BCUT2D eigenvalue weighted by atomic mass is 10.6. The zero-order valence-corrected chi connectivity index (χ0v) is 7.29. The van der Waals surface area contributed by atoms with Crippen molar-refractivity contribution in [3.05, 3.63) is 0 Å². The molecule has 0 saturated carbocycles. The van der Waals surface area contributed by atoms with Gasteiger partial charge in [0.15, 0.2) is 0 Å². The van der Waals surface area contributed by atoms with Gasteiger partial charge in [0.1, 0.15) is 0 Å². The van der Waals surface area contributed by atoms with Crippen molar-refractivity contribution in [2.45, 2.75) is 6.92 Å². The van der Waals surface area contributed by atoms with Gasteiger partial charge in [-0.25, -0.2) is 4.57 Å². The van der Waals surface area contributed by atoms with Gasteiger partial charge in [-0.2, -0.15) is 0 Å². The molecule has 0 aliphatic heterocycles. The summed E-state index contributed by atoms with van der Waals surface area (Å²) in [7, 11) is -4.64. The highest BCUT2D eigenvalue weighted by molar-refractivity contribution is 7.45. The Hall–Kier alpha value is 0.0300. The van der Waals surface area contributed by atoms with E-state index < -0.39 is 7.82 Å².